The number of carbonyl (C=O) groups is 1. The van der Waals surface area contributed by atoms with Gasteiger partial charge in [-0.25, -0.2) is 15.0 Å². The second kappa shape index (κ2) is 6.92. The van der Waals surface area contributed by atoms with E-state index in [1.165, 1.54) is 24.2 Å². The summed E-state index contributed by atoms with van der Waals surface area (Å²) >= 11 is 1.45. The van der Waals surface area contributed by atoms with Crippen LogP contribution in [-0.4, -0.2) is 45.4 Å². The van der Waals surface area contributed by atoms with Crippen LogP contribution in [0, 0.1) is 0 Å². The minimum absolute atomic E-state index is 0.00466. The Labute approximate surface area is 151 Å². The zero-order chi connectivity index (χ0) is 17.2. The molecule has 2 aliphatic rings. The number of anilines is 1. The van der Waals surface area contributed by atoms with Crippen LogP contribution in [0.4, 0.5) is 5.82 Å². The molecule has 0 aromatic carbocycles. The molecule has 0 saturated heterocycles. The molecule has 7 heteroatoms. The average molecular weight is 355 g/mol. The van der Waals surface area contributed by atoms with E-state index in [4.69, 9.17) is 9.97 Å². The summed E-state index contributed by atoms with van der Waals surface area (Å²) in [6, 6.07) is 0. The SMILES string of the molecule is C=CCNc1nc(C2CC2)nc2c1CCN(C(=O)c1cscn1)CC2. The maximum Gasteiger partial charge on any atom is 0.273 e. The highest BCUT2D eigenvalue weighted by molar-refractivity contribution is 7.07. The zero-order valence-corrected chi connectivity index (χ0v) is 14.9. The molecule has 1 N–H and O–H groups in total. The van der Waals surface area contributed by atoms with E-state index in [2.05, 4.69) is 16.9 Å². The van der Waals surface area contributed by atoms with Gasteiger partial charge in [0.1, 0.15) is 17.3 Å². The van der Waals surface area contributed by atoms with Crippen LogP contribution < -0.4 is 5.32 Å². The van der Waals surface area contributed by atoms with Crippen LogP contribution in [0.5, 0.6) is 0 Å². The van der Waals surface area contributed by atoms with Gasteiger partial charge < -0.3 is 10.2 Å². The van der Waals surface area contributed by atoms with E-state index >= 15 is 0 Å². The van der Waals surface area contributed by atoms with Crippen molar-refractivity contribution < 1.29 is 4.79 Å². The standard InChI is InChI=1S/C18H21N5OS/c1-2-7-19-17-13-5-8-23(18(24)15-10-25-11-20-15)9-6-14(13)21-16(22-17)12-3-4-12/h2,10-12H,1,3-9H2,(H,19,21,22). The van der Waals surface area contributed by atoms with Gasteiger partial charge in [-0.2, -0.15) is 0 Å². The molecule has 0 unspecified atom stereocenters. The molecule has 1 fully saturated rings. The summed E-state index contributed by atoms with van der Waals surface area (Å²) in [5, 5.41) is 5.17. The van der Waals surface area contributed by atoms with Crippen LogP contribution in [0.3, 0.4) is 0 Å². The van der Waals surface area contributed by atoms with Crippen molar-refractivity contribution in [2.24, 2.45) is 0 Å². The van der Waals surface area contributed by atoms with Crippen molar-refractivity contribution in [2.75, 3.05) is 25.0 Å². The molecule has 130 valence electrons. The Kier molecular flexibility index (Phi) is 4.48. The van der Waals surface area contributed by atoms with Crippen molar-refractivity contribution in [3.05, 3.63) is 46.3 Å². The predicted octanol–water partition coefficient (Wildman–Crippen LogP) is 2.65. The van der Waals surface area contributed by atoms with Gasteiger partial charge in [0.25, 0.3) is 5.91 Å². The number of thiazole rings is 1. The van der Waals surface area contributed by atoms with Crippen molar-refractivity contribution in [2.45, 2.75) is 31.6 Å². The number of amides is 1. The van der Waals surface area contributed by atoms with Crippen molar-refractivity contribution in [1.29, 1.82) is 0 Å². The van der Waals surface area contributed by atoms with Crippen LogP contribution in [0.25, 0.3) is 0 Å². The number of nitrogens with one attached hydrogen (secondary N) is 1. The summed E-state index contributed by atoms with van der Waals surface area (Å²) in [7, 11) is 0. The molecule has 1 saturated carbocycles. The molecule has 0 radical (unpaired) electrons. The fraction of sp³-hybridized carbons (Fsp3) is 0.444. The normalized spacial score (nSPS) is 16.9. The van der Waals surface area contributed by atoms with Crippen LogP contribution in [0.2, 0.25) is 0 Å². The maximum absolute atomic E-state index is 12.6. The molecular formula is C18H21N5OS. The van der Waals surface area contributed by atoms with Gasteiger partial charge in [-0.3, -0.25) is 4.79 Å². The third-order valence-corrected chi connectivity index (χ3v) is 5.24. The van der Waals surface area contributed by atoms with Gasteiger partial charge in [-0.05, 0) is 19.3 Å². The van der Waals surface area contributed by atoms with Crippen LogP contribution in [0.1, 0.15) is 46.3 Å². The lowest BCUT2D eigenvalue weighted by Crippen LogP contribution is -2.33. The summed E-state index contributed by atoms with van der Waals surface area (Å²) in [6.45, 7) is 5.79. The van der Waals surface area contributed by atoms with E-state index in [0.29, 0.717) is 31.2 Å². The Morgan fingerprint density at radius 3 is 2.92 bits per heavy atom. The second-order valence-electron chi connectivity index (χ2n) is 6.47. The van der Waals surface area contributed by atoms with Crippen molar-refractivity contribution in [1.82, 2.24) is 19.9 Å². The maximum atomic E-state index is 12.6. The second-order valence-corrected chi connectivity index (χ2v) is 7.18. The zero-order valence-electron chi connectivity index (χ0n) is 14.1. The minimum Gasteiger partial charge on any atom is -0.366 e. The molecule has 0 atom stereocenters. The number of rotatable bonds is 5. The Morgan fingerprint density at radius 1 is 1.36 bits per heavy atom. The summed E-state index contributed by atoms with van der Waals surface area (Å²) < 4.78 is 0. The van der Waals surface area contributed by atoms with E-state index < -0.39 is 0 Å². The molecule has 0 bridgehead atoms. The largest absolute Gasteiger partial charge is 0.366 e. The molecule has 1 aliphatic heterocycles. The van der Waals surface area contributed by atoms with Gasteiger partial charge in [0.2, 0.25) is 0 Å². The van der Waals surface area contributed by atoms with Gasteiger partial charge in [0.15, 0.2) is 0 Å². The number of hydrogen-bond acceptors (Lipinski definition) is 6. The van der Waals surface area contributed by atoms with Gasteiger partial charge >= 0.3 is 0 Å². The fourth-order valence-electron chi connectivity index (χ4n) is 3.14. The molecular weight excluding hydrogens is 334 g/mol. The van der Waals surface area contributed by atoms with E-state index in [9.17, 15) is 4.79 Å². The summed E-state index contributed by atoms with van der Waals surface area (Å²) in [6.07, 6.45) is 5.70. The number of aromatic nitrogens is 3. The molecule has 25 heavy (non-hydrogen) atoms. The third-order valence-electron chi connectivity index (χ3n) is 4.66. The smallest absolute Gasteiger partial charge is 0.273 e. The molecule has 2 aromatic heterocycles. The van der Waals surface area contributed by atoms with Gasteiger partial charge in [0.05, 0.1) is 11.2 Å². The Morgan fingerprint density at radius 2 is 2.20 bits per heavy atom. The lowest BCUT2D eigenvalue weighted by molar-refractivity contribution is 0.0758. The van der Waals surface area contributed by atoms with Gasteiger partial charge in [-0.15, -0.1) is 17.9 Å². The average Bonchev–Trinajstić information content (AvgIpc) is 3.38. The number of nitrogens with zero attached hydrogens (tertiary/aromatic N) is 4. The number of carbonyl (C=O) groups excluding carboxylic acids is 1. The summed E-state index contributed by atoms with van der Waals surface area (Å²) in [5.41, 5.74) is 4.45. The first-order valence-electron chi connectivity index (χ1n) is 8.68. The van der Waals surface area contributed by atoms with Crippen LogP contribution in [0.15, 0.2) is 23.5 Å². The van der Waals surface area contributed by atoms with E-state index in [-0.39, 0.29) is 5.91 Å². The lowest BCUT2D eigenvalue weighted by Gasteiger charge is -2.18. The Hall–Kier alpha value is -2.28. The number of hydrogen-bond donors (Lipinski definition) is 1. The van der Waals surface area contributed by atoms with Gasteiger partial charge in [0, 0.05) is 42.9 Å². The van der Waals surface area contributed by atoms with Gasteiger partial charge in [-0.1, -0.05) is 6.08 Å². The first-order chi connectivity index (χ1) is 12.3. The topological polar surface area (TPSA) is 71.0 Å². The van der Waals surface area contributed by atoms with Crippen molar-refractivity contribution >= 4 is 23.1 Å². The van der Waals surface area contributed by atoms with Crippen LogP contribution in [-0.2, 0) is 12.8 Å². The van der Waals surface area contributed by atoms with Crippen LogP contribution >= 0.6 is 11.3 Å². The highest BCUT2D eigenvalue weighted by atomic mass is 32.1. The molecule has 1 aliphatic carbocycles. The van der Waals surface area contributed by atoms with Crippen molar-refractivity contribution in [3.8, 4) is 0 Å². The molecule has 1 amide bonds. The molecule has 3 heterocycles. The highest BCUT2D eigenvalue weighted by Crippen LogP contribution is 2.39. The first kappa shape index (κ1) is 16.2. The van der Waals surface area contributed by atoms with Crippen molar-refractivity contribution in [3.63, 3.8) is 0 Å². The van der Waals surface area contributed by atoms with E-state index in [1.54, 1.807) is 5.51 Å². The lowest BCUT2D eigenvalue weighted by atomic mass is 10.1. The summed E-state index contributed by atoms with van der Waals surface area (Å²) in [4.78, 5) is 28.2. The highest BCUT2D eigenvalue weighted by Gasteiger charge is 2.30. The Bertz CT molecular complexity index is 785. The summed E-state index contributed by atoms with van der Waals surface area (Å²) in [5.74, 6) is 2.37. The molecule has 0 spiro atoms. The fourth-order valence-corrected chi connectivity index (χ4v) is 3.67. The van der Waals surface area contributed by atoms with E-state index in [0.717, 1.165) is 35.7 Å². The molecule has 6 nitrogen and oxygen atoms in total. The number of fused-ring (bicyclic) bond motifs is 1. The Balaban J connectivity index is 1.59. The predicted molar refractivity (Wildman–Crippen MR) is 98.1 cm³/mol. The third kappa shape index (κ3) is 3.42. The molecule has 2 aromatic rings. The van der Waals surface area contributed by atoms with E-state index in [1.807, 2.05) is 16.4 Å². The molecule has 4 rings (SSSR count). The minimum atomic E-state index is 0.00466. The first-order valence-corrected chi connectivity index (χ1v) is 9.62. The quantitative estimate of drug-likeness (QED) is 0.835. The monoisotopic (exact) mass is 355 g/mol.